The van der Waals surface area contributed by atoms with Gasteiger partial charge in [0.1, 0.15) is 17.1 Å². The number of nitriles is 1. The molecule has 0 bridgehead atoms. The van der Waals surface area contributed by atoms with Crippen LogP contribution in [0.4, 0.5) is 23.7 Å². The summed E-state index contributed by atoms with van der Waals surface area (Å²) < 4.78 is 55.4. The second-order valence-electron chi connectivity index (χ2n) is 13.2. The molecule has 0 N–H and O–H groups in total. The Morgan fingerprint density at radius 2 is 1.88 bits per heavy atom. The summed E-state index contributed by atoms with van der Waals surface area (Å²) in [6.07, 6.45) is -1.86. The van der Waals surface area contributed by atoms with E-state index >= 15 is 0 Å². The quantitative estimate of drug-likeness (QED) is 0.420. The molecule has 2 aromatic heterocycles. The molecule has 7 rings (SSSR count). The Kier molecular flexibility index (Phi) is 5.15. The number of likely N-dealkylation sites (tertiary alicyclic amines) is 1. The van der Waals surface area contributed by atoms with Crippen molar-refractivity contribution in [3.8, 4) is 6.07 Å². The van der Waals surface area contributed by atoms with Crippen LogP contribution in [0.15, 0.2) is 34.9 Å². The van der Waals surface area contributed by atoms with Gasteiger partial charge in [-0.15, -0.1) is 10.2 Å². The molecule has 12 heteroatoms. The van der Waals surface area contributed by atoms with Crippen LogP contribution in [-0.2, 0) is 10.2 Å². The number of anilines is 1. The van der Waals surface area contributed by atoms with Gasteiger partial charge in [0.2, 0.25) is 11.8 Å². The number of fused-ring (bicyclic) bond motifs is 2. The number of halogens is 3. The van der Waals surface area contributed by atoms with E-state index in [1.165, 1.54) is 0 Å². The maximum atomic E-state index is 14.6. The number of benzene rings is 1. The first-order valence-electron chi connectivity index (χ1n) is 13.7. The summed E-state index contributed by atoms with van der Waals surface area (Å²) >= 11 is 0. The van der Waals surface area contributed by atoms with Gasteiger partial charge in [-0.2, -0.15) is 18.4 Å². The second kappa shape index (κ2) is 8.11. The van der Waals surface area contributed by atoms with E-state index in [1.807, 2.05) is 20.8 Å². The number of ether oxygens (including phenoxy) is 1. The molecule has 0 radical (unpaired) electrons. The van der Waals surface area contributed by atoms with E-state index in [2.05, 4.69) is 21.3 Å². The molecule has 2 saturated carbocycles. The average molecular weight is 567 g/mol. The van der Waals surface area contributed by atoms with Crippen LogP contribution in [-0.4, -0.2) is 64.1 Å². The number of amides is 1. The lowest BCUT2D eigenvalue weighted by molar-refractivity contribution is -0.187. The van der Waals surface area contributed by atoms with Gasteiger partial charge in [-0.1, -0.05) is 0 Å². The highest BCUT2D eigenvalue weighted by Gasteiger charge is 2.86. The molecule has 1 amide bonds. The molecule has 214 valence electrons. The van der Waals surface area contributed by atoms with Crippen molar-refractivity contribution in [2.24, 2.45) is 10.8 Å². The molecule has 4 fully saturated rings. The summed E-state index contributed by atoms with van der Waals surface area (Å²) in [5.74, 6) is 0.358. The van der Waals surface area contributed by atoms with Crippen molar-refractivity contribution in [2.75, 3.05) is 31.1 Å². The maximum absolute atomic E-state index is 14.6. The van der Waals surface area contributed by atoms with E-state index in [4.69, 9.17) is 9.15 Å². The van der Waals surface area contributed by atoms with Crippen LogP contribution < -0.4 is 4.90 Å². The molecule has 3 aromatic rings. The fraction of sp³-hybridized carbons (Fsp3) is 0.552. The normalized spacial score (nSPS) is 26.9. The molecule has 2 saturated heterocycles. The number of aromatic nitrogens is 3. The SMILES string of the molecule is CC(C)(C)OC(=O)N1CC2(CC(c3nnc([C@]45CN(c6ccc(C#N)c7ncccc67)C[C@@]4(C(F)(F)F)C5)o3)C2)C1. The Morgan fingerprint density at radius 3 is 2.56 bits per heavy atom. The van der Waals surface area contributed by atoms with Crippen LogP contribution in [0.3, 0.4) is 0 Å². The number of hydrogen-bond acceptors (Lipinski definition) is 8. The molecule has 2 aliphatic carbocycles. The van der Waals surface area contributed by atoms with Gasteiger partial charge in [0, 0.05) is 54.8 Å². The number of pyridine rings is 1. The van der Waals surface area contributed by atoms with Crippen LogP contribution in [0.2, 0.25) is 0 Å². The summed E-state index contributed by atoms with van der Waals surface area (Å²) in [7, 11) is 0. The highest BCUT2D eigenvalue weighted by atomic mass is 19.4. The number of alkyl halides is 3. The lowest BCUT2D eigenvalue weighted by atomic mass is 9.58. The highest BCUT2D eigenvalue weighted by Crippen LogP contribution is 2.75. The zero-order chi connectivity index (χ0) is 29.0. The van der Waals surface area contributed by atoms with Crippen molar-refractivity contribution in [1.29, 1.82) is 5.26 Å². The third-order valence-electron chi connectivity index (χ3n) is 9.33. The van der Waals surface area contributed by atoms with Crippen molar-refractivity contribution < 1.29 is 27.1 Å². The smallest absolute Gasteiger partial charge is 0.410 e. The third kappa shape index (κ3) is 3.73. The van der Waals surface area contributed by atoms with Gasteiger partial charge in [0.05, 0.1) is 16.5 Å². The van der Waals surface area contributed by atoms with Gasteiger partial charge >= 0.3 is 12.3 Å². The first kappa shape index (κ1) is 26.0. The zero-order valence-corrected chi connectivity index (χ0v) is 23.0. The summed E-state index contributed by atoms with van der Waals surface area (Å²) in [5.41, 5.74) is -2.48. The molecule has 0 unspecified atom stereocenters. The summed E-state index contributed by atoms with van der Waals surface area (Å²) in [6, 6.07) is 8.88. The van der Waals surface area contributed by atoms with E-state index in [1.54, 1.807) is 40.3 Å². The zero-order valence-electron chi connectivity index (χ0n) is 23.0. The molecular weight excluding hydrogens is 537 g/mol. The van der Waals surface area contributed by atoms with Crippen LogP contribution in [0.25, 0.3) is 10.9 Å². The number of piperidine rings is 1. The van der Waals surface area contributed by atoms with Gasteiger partial charge in [0.25, 0.3) is 0 Å². The van der Waals surface area contributed by atoms with Crippen LogP contribution in [0.5, 0.6) is 0 Å². The Hall–Kier alpha value is -3.88. The molecule has 9 nitrogen and oxygen atoms in total. The topological polar surface area (TPSA) is 108 Å². The fourth-order valence-corrected chi connectivity index (χ4v) is 7.33. The molecule has 2 atom stereocenters. The number of carbonyl (C=O) groups excluding carboxylic acids is 1. The number of rotatable bonds is 3. The van der Waals surface area contributed by atoms with Gasteiger partial charge in [0.15, 0.2) is 0 Å². The average Bonchev–Trinajstić information content (AvgIpc) is 3.14. The predicted octanol–water partition coefficient (Wildman–Crippen LogP) is 5.31. The predicted molar refractivity (Wildman–Crippen MR) is 140 cm³/mol. The third-order valence-corrected chi connectivity index (χ3v) is 9.33. The first-order valence-corrected chi connectivity index (χ1v) is 13.7. The highest BCUT2D eigenvalue weighted by molar-refractivity contribution is 5.95. The second-order valence-corrected chi connectivity index (χ2v) is 13.2. The number of carbonyl (C=O) groups is 1. The monoisotopic (exact) mass is 566 g/mol. The molecule has 1 spiro atoms. The lowest BCUT2D eigenvalue weighted by Crippen LogP contribution is -2.63. The number of nitrogens with zero attached hydrogens (tertiary/aromatic N) is 6. The van der Waals surface area contributed by atoms with Gasteiger partial charge in [-0.3, -0.25) is 4.98 Å². The van der Waals surface area contributed by atoms with Gasteiger partial charge < -0.3 is 19.0 Å². The number of hydrogen-bond donors (Lipinski definition) is 0. The van der Waals surface area contributed by atoms with Crippen molar-refractivity contribution in [1.82, 2.24) is 20.1 Å². The van der Waals surface area contributed by atoms with Gasteiger partial charge in [-0.25, -0.2) is 4.79 Å². The van der Waals surface area contributed by atoms with Crippen molar-refractivity contribution in [3.63, 3.8) is 0 Å². The Labute approximate surface area is 234 Å². The van der Waals surface area contributed by atoms with E-state index in [-0.39, 0.29) is 42.8 Å². The van der Waals surface area contributed by atoms with Gasteiger partial charge in [-0.05, 0) is 64.3 Å². The largest absolute Gasteiger partial charge is 0.444 e. The van der Waals surface area contributed by atoms with Crippen LogP contribution in [0, 0.1) is 22.2 Å². The van der Waals surface area contributed by atoms with Crippen LogP contribution in [0.1, 0.15) is 63.3 Å². The Morgan fingerprint density at radius 1 is 1.12 bits per heavy atom. The minimum atomic E-state index is -4.46. The molecule has 1 aromatic carbocycles. The maximum Gasteiger partial charge on any atom is 0.410 e. The first-order chi connectivity index (χ1) is 19.3. The molecule has 4 aliphatic rings. The van der Waals surface area contributed by atoms with Crippen molar-refractivity contribution in [2.45, 2.75) is 63.1 Å². The summed E-state index contributed by atoms with van der Waals surface area (Å²) in [4.78, 5) is 20.0. The fourth-order valence-electron chi connectivity index (χ4n) is 7.33. The van der Waals surface area contributed by atoms with E-state index in [9.17, 15) is 23.2 Å². The van der Waals surface area contributed by atoms with Crippen LogP contribution >= 0.6 is 0 Å². The summed E-state index contributed by atoms with van der Waals surface area (Å²) in [5, 5.41) is 18.5. The van der Waals surface area contributed by atoms with Crippen molar-refractivity contribution >= 4 is 22.7 Å². The van der Waals surface area contributed by atoms with E-state index in [0.717, 1.165) is 12.8 Å². The Balaban J connectivity index is 1.10. The lowest BCUT2D eigenvalue weighted by Gasteiger charge is -2.57. The van der Waals surface area contributed by atoms with E-state index < -0.39 is 22.6 Å². The van der Waals surface area contributed by atoms with E-state index in [0.29, 0.717) is 41.1 Å². The Bertz CT molecular complexity index is 1610. The molecule has 41 heavy (non-hydrogen) atoms. The molecule has 2 aliphatic heterocycles. The minimum Gasteiger partial charge on any atom is -0.444 e. The molecular formula is C29H29F3N6O3. The van der Waals surface area contributed by atoms with Crippen molar-refractivity contribution in [3.05, 3.63) is 47.8 Å². The molecule has 4 heterocycles. The minimum absolute atomic E-state index is 0.0291. The standard InChI is InChI=1S/C29H29F3N6O3/c1-25(2,3)41-24(39)38-13-26(14-38)9-18(10-26)22-35-36-23(40-22)27-12-28(27,29(30,31)32)16-37(15-27)20-7-6-17(11-33)21-19(20)5-4-8-34-21/h4-8,18H,9-10,12-16H2,1-3H3/t27-,28-/m0/s1. The summed E-state index contributed by atoms with van der Waals surface area (Å²) in [6.45, 7) is 6.49.